The molecule has 2 rings (SSSR count). The van der Waals surface area contributed by atoms with Gasteiger partial charge in [-0.25, -0.2) is 9.97 Å². The molecule has 0 bridgehead atoms. The van der Waals surface area contributed by atoms with Gasteiger partial charge in [-0.05, 0) is 23.3 Å². The summed E-state index contributed by atoms with van der Waals surface area (Å²) >= 11 is 25.7. The van der Waals surface area contributed by atoms with Crippen molar-refractivity contribution in [3.8, 4) is 0 Å². The fourth-order valence-electron chi connectivity index (χ4n) is 1.08. The Morgan fingerprint density at radius 3 is 2.00 bits per heavy atom. The van der Waals surface area contributed by atoms with Crippen LogP contribution in [0.3, 0.4) is 0 Å². The van der Waals surface area contributed by atoms with Crippen molar-refractivity contribution in [3.05, 3.63) is 62.6 Å². The van der Waals surface area contributed by atoms with Crippen LogP contribution in [0.5, 0.6) is 0 Å². The van der Waals surface area contributed by atoms with Crippen molar-refractivity contribution in [2.45, 2.75) is 5.33 Å². The summed E-state index contributed by atoms with van der Waals surface area (Å²) in [5.74, 6) is 0. The largest absolute Gasteiger partial charge is 0.243 e. The van der Waals surface area contributed by atoms with Crippen LogP contribution in [0.15, 0.2) is 31.1 Å². The molecular weight excluding hydrogens is 406 g/mol. The third-order valence-corrected chi connectivity index (χ3v) is 4.08. The molecule has 0 amide bonds. The Kier molecular flexibility index (Phi) is 7.85. The van der Waals surface area contributed by atoms with E-state index in [0.29, 0.717) is 20.4 Å². The van der Waals surface area contributed by atoms with Crippen molar-refractivity contribution in [2.24, 2.45) is 0 Å². The third-order valence-electron chi connectivity index (χ3n) is 2.06. The maximum Gasteiger partial charge on any atom is 0.147 e. The lowest BCUT2D eigenvalue weighted by atomic mass is 10.3. The zero-order chi connectivity index (χ0) is 15.1. The van der Waals surface area contributed by atoms with Crippen molar-refractivity contribution in [3.63, 3.8) is 0 Å². The summed E-state index contributed by atoms with van der Waals surface area (Å²) < 4.78 is 0. The molecule has 0 aliphatic carbocycles. The van der Waals surface area contributed by atoms with Gasteiger partial charge >= 0.3 is 0 Å². The van der Waals surface area contributed by atoms with Gasteiger partial charge in [-0.3, -0.25) is 0 Å². The van der Waals surface area contributed by atoms with E-state index in [1.54, 1.807) is 30.6 Å². The molecule has 106 valence electrons. The van der Waals surface area contributed by atoms with E-state index >= 15 is 0 Å². The van der Waals surface area contributed by atoms with Gasteiger partial charge in [0.15, 0.2) is 0 Å². The molecule has 0 unspecified atom stereocenters. The molecule has 0 saturated heterocycles. The smallest absolute Gasteiger partial charge is 0.147 e. The van der Waals surface area contributed by atoms with E-state index in [1.807, 2.05) is 0 Å². The number of aromatic nitrogens is 2. The van der Waals surface area contributed by atoms with Crippen molar-refractivity contribution < 1.29 is 0 Å². The highest BCUT2D eigenvalue weighted by Crippen LogP contribution is 2.20. The topological polar surface area (TPSA) is 25.8 Å². The Balaban J connectivity index is 0.000000200. The van der Waals surface area contributed by atoms with E-state index in [1.165, 1.54) is 0 Å². The Labute approximate surface area is 145 Å². The van der Waals surface area contributed by atoms with Crippen LogP contribution in [0.25, 0.3) is 6.08 Å². The van der Waals surface area contributed by atoms with Gasteiger partial charge < -0.3 is 0 Å². The third kappa shape index (κ3) is 5.58. The highest BCUT2D eigenvalue weighted by Gasteiger charge is 1.98. The molecule has 0 radical (unpaired) electrons. The normalized spacial score (nSPS) is 9.65. The summed E-state index contributed by atoms with van der Waals surface area (Å²) in [6, 6.07) is 3.50. The Morgan fingerprint density at radius 2 is 1.55 bits per heavy atom. The number of nitrogens with zero attached hydrogens (tertiary/aromatic N) is 2. The first kappa shape index (κ1) is 17.7. The summed E-state index contributed by atoms with van der Waals surface area (Å²) in [7, 11) is 0. The maximum absolute atomic E-state index is 5.68. The predicted molar refractivity (Wildman–Crippen MR) is 91.2 cm³/mol. The Hall–Kier alpha value is -0.320. The minimum absolute atomic E-state index is 0.326. The first-order valence-corrected chi connectivity index (χ1v) is 7.90. The maximum atomic E-state index is 5.68. The highest BCUT2D eigenvalue weighted by molar-refractivity contribution is 9.08. The van der Waals surface area contributed by atoms with Crippen molar-refractivity contribution in [1.29, 1.82) is 0 Å². The molecule has 0 aliphatic heterocycles. The van der Waals surface area contributed by atoms with Crippen LogP contribution in [-0.2, 0) is 5.33 Å². The second-order valence-electron chi connectivity index (χ2n) is 3.50. The van der Waals surface area contributed by atoms with Gasteiger partial charge in [0.2, 0.25) is 0 Å². The van der Waals surface area contributed by atoms with Crippen LogP contribution < -0.4 is 0 Å². The molecule has 0 atom stereocenters. The average molecular weight is 415 g/mol. The summed E-state index contributed by atoms with van der Waals surface area (Å²) in [4.78, 5) is 7.66. The lowest BCUT2D eigenvalue weighted by molar-refractivity contribution is 1.26. The van der Waals surface area contributed by atoms with Crippen LogP contribution >= 0.6 is 62.3 Å². The molecule has 2 aromatic heterocycles. The van der Waals surface area contributed by atoms with E-state index in [4.69, 9.17) is 46.4 Å². The zero-order valence-corrected chi connectivity index (χ0v) is 14.7. The van der Waals surface area contributed by atoms with Crippen LogP contribution in [0.1, 0.15) is 11.1 Å². The molecule has 0 N–H and O–H groups in total. The second kappa shape index (κ2) is 8.85. The lowest BCUT2D eigenvalue weighted by Gasteiger charge is -1.96. The van der Waals surface area contributed by atoms with E-state index in [-0.39, 0.29) is 0 Å². The van der Waals surface area contributed by atoms with E-state index in [0.717, 1.165) is 16.5 Å². The SMILES string of the molecule is C=Cc1cnc(Cl)c(Cl)c1.Clc1cc(CBr)cnc1Cl. The minimum atomic E-state index is 0.326. The Morgan fingerprint density at radius 1 is 1.00 bits per heavy atom. The molecule has 0 aromatic carbocycles. The van der Waals surface area contributed by atoms with Gasteiger partial charge in [-0.1, -0.05) is 75.0 Å². The first-order chi connectivity index (χ1) is 9.47. The van der Waals surface area contributed by atoms with E-state index in [9.17, 15) is 0 Å². The molecule has 2 nitrogen and oxygen atoms in total. The number of hydrogen-bond acceptors (Lipinski definition) is 2. The van der Waals surface area contributed by atoms with Crippen LogP contribution in [0.4, 0.5) is 0 Å². The summed E-state index contributed by atoms with van der Waals surface area (Å²) in [6.45, 7) is 3.56. The van der Waals surface area contributed by atoms with Gasteiger partial charge in [0.25, 0.3) is 0 Å². The molecule has 0 saturated carbocycles. The van der Waals surface area contributed by atoms with Crippen molar-refractivity contribution >= 4 is 68.4 Å². The van der Waals surface area contributed by atoms with Crippen molar-refractivity contribution in [2.75, 3.05) is 0 Å². The molecule has 0 fully saturated rings. The summed E-state index contributed by atoms with van der Waals surface area (Å²) in [5.41, 5.74) is 1.89. The van der Waals surface area contributed by atoms with Gasteiger partial charge in [0.1, 0.15) is 10.3 Å². The van der Waals surface area contributed by atoms with Gasteiger partial charge in [-0.15, -0.1) is 0 Å². The molecule has 20 heavy (non-hydrogen) atoms. The quantitative estimate of drug-likeness (QED) is 0.424. The number of alkyl halides is 1. The fraction of sp³-hybridized carbons (Fsp3) is 0.0769. The standard InChI is InChI=1S/C7H5Cl2N.C6H4BrCl2N/c1-2-5-3-6(8)7(9)10-4-5;7-2-4-1-5(8)6(9)10-3-4/h2-4H,1H2;1,3H,2H2. The fourth-order valence-corrected chi connectivity index (χ4v) is 1.96. The van der Waals surface area contributed by atoms with E-state index in [2.05, 4.69) is 32.5 Å². The molecule has 0 aliphatic rings. The number of pyridine rings is 2. The second-order valence-corrected chi connectivity index (χ2v) is 5.59. The van der Waals surface area contributed by atoms with Gasteiger partial charge in [0, 0.05) is 17.7 Å². The summed E-state index contributed by atoms with van der Waals surface area (Å²) in [6.07, 6.45) is 4.96. The van der Waals surface area contributed by atoms with Crippen LogP contribution in [0, 0.1) is 0 Å². The Bertz CT molecular complexity index is 605. The van der Waals surface area contributed by atoms with Crippen molar-refractivity contribution in [1.82, 2.24) is 9.97 Å². The molecule has 0 spiro atoms. The zero-order valence-electron chi connectivity index (χ0n) is 10.1. The monoisotopic (exact) mass is 412 g/mol. The van der Waals surface area contributed by atoms with E-state index < -0.39 is 0 Å². The minimum Gasteiger partial charge on any atom is -0.243 e. The predicted octanol–water partition coefficient (Wildman–Crippen LogP) is 6.31. The first-order valence-electron chi connectivity index (χ1n) is 5.27. The van der Waals surface area contributed by atoms with Gasteiger partial charge in [0.05, 0.1) is 10.0 Å². The highest BCUT2D eigenvalue weighted by atomic mass is 79.9. The lowest BCUT2D eigenvalue weighted by Crippen LogP contribution is -1.81. The van der Waals surface area contributed by atoms with Gasteiger partial charge in [-0.2, -0.15) is 0 Å². The molecule has 7 heteroatoms. The number of halogens is 5. The molecule has 2 aromatic rings. The molecular formula is C13H9BrCl4N2. The number of hydrogen-bond donors (Lipinski definition) is 0. The number of rotatable bonds is 2. The van der Waals surface area contributed by atoms with Crippen LogP contribution in [-0.4, -0.2) is 9.97 Å². The molecule has 2 heterocycles. The van der Waals surface area contributed by atoms with Crippen LogP contribution in [0.2, 0.25) is 20.4 Å². The summed E-state index contributed by atoms with van der Waals surface area (Å²) in [5, 5.41) is 2.38. The average Bonchev–Trinajstić information content (AvgIpc) is 2.45.